The number of carbonyl (C=O) groups excluding carboxylic acids is 1. The van der Waals surface area contributed by atoms with Crippen molar-refractivity contribution in [3.8, 4) is 0 Å². The Balaban J connectivity index is 1.79. The highest BCUT2D eigenvalue weighted by atomic mass is 16.7. The first-order valence-corrected chi connectivity index (χ1v) is 20.2. The van der Waals surface area contributed by atoms with E-state index in [0.717, 1.165) is 51.4 Å². The van der Waals surface area contributed by atoms with Crippen LogP contribution in [-0.2, 0) is 23.7 Å². The summed E-state index contributed by atoms with van der Waals surface area (Å²) in [5, 5.41) is 85.5. The Morgan fingerprint density at radius 2 is 1.26 bits per heavy atom. The number of amides is 1. The summed E-state index contributed by atoms with van der Waals surface area (Å²) >= 11 is 0. The molecule has 2 aliphatic rings. The van der Waals surface area contributed by atoms with Gasteiger partial charge in [0.15, 0.2) is 12.6 Å². The molecule has 0 spiro atoms. The van der Waals surface area contributed by atoms with Crippen LogP contribution in [0.25, 0.3) is 0 Å². The number of hydrogen-bond donors (Lipinski definition) is 9. The molecule has 9 N–H and O–H groups in total. The Morgan fingerprint density at radius 3 is 1.89 bits per heavy atom. The molecule has 0 aliphatic carbocycles. The molecule has 54 heavy (non-hydrogen) atoms. The van der Waals surface area contributed by atoms with Crippen molar-refractivity contribution in [1.82, 2.24) is 5.32 Å². The molecule has 0 radical (unpaired) electrons. The molecule has 1 amide bonds. The third-order valence-corrected chi connectivity index (χ3v) is 9.80. The highest BCUT2D eigenvalue weighted by Crippen LogP contribution is 2.29. The molecule has 14 heteroatoms. The van der Waals surface area contributed by atoms with E-state index in [0.29, 0.717) is 6.42 Å². The van der Waals surface area contributed by atoms with Crippen molar-refractivity contribution in [2.24, 2.45) is 0 Å². The minimum absolute atomic E-state index is 0.263. The molecule has 2 heterocycles. The fourth-order valence-corrected chi connectivity index (χ4v) is 6.38. The van der Waals surface area contributed by atoms with Crippen molar-refractivity contribution in [3.63, 3.8) is 0 Å². The number of unbranched alkanes of at least 4 members (excludes halogenated alkanes) is 11. The van der Waals surface area contributed by atoms with Crippen LogP contribution >= 0.6 is 0 Å². The number of aliphatic hydroxyl groups excluding tert-OH is 8. The molecule has 2 fully saturated rings. The van der Waals surface area contributed by atoms with E-state index in [1.165, 1.54) is 38.5 Å². The Morgan fingerprint density at radius 1 is 0.667 bits per heavy atom. The Kier molecular flexibility index (Phi) is 25.6. The zero-order chi connectivity index (χ0) is 39.7. The second-order valence-corrected chi connectivity index (χ2v) is 14.4. The van der Waals surface area contributed by atoms with Gasteiger partial charge in [0.1, 0.15) is 48.8 Å². The summed E-state index contributed by atoms with van der Waals surface area (Å²) < 4.78 is 22.4. The molecule has 2 rings (SSSR count). The van der Waals surface area contributed by atoms with Crippen molar-refractivity contribution in [3.05, 3.63) is 36.5 Å². The smallest absolute Gasteiger partial charge is 0.220 e. The molecule has 0 aromatic carbocycles. The molecule has 0 bridgehead atoms. The maximum Gasteiger partial charge on any atom is 0.220 e. The van der Waals surface area contributed by atoms with Gasteiger partial charge in [0.05, 0.1) is 32.0 Å². The summed E-state index contributed by atoms with van der Waals surface area (Å²) in [5.41, 5.74) is 0. The van der Waals surface area contributed by atoms with Crippen molar-refractivity contribution in [1.29, 1.82) is 0 Å². The lowest BCUT2D eigenvalue weighted by molar-refractivity contribution is -0.359. The van der Waals surface area contributed by atoms with Crippen LogP contribution in [0.5, 0.6) is 0 Å². The van der Waals surface area contributed by atoms with Crippen LogP contribution in [0.3, 0.4) is 0 Å². The number of hydrogen-bond acceptors (Lipinski definition) is 13. The summed E-state index contributed by atoms with van der Waals surface area (Å²) in [4.78, 5) is 12.9. The lowest BCUT2D eigenvalue weighted by atomic mass is 9.97. The molecule has 0 aromatic rings. The maximum atomic E-state index is 12.9. The summed E-state index contributed by atoms with van der Waals surface area (Å²) in [6.07, 6.45) is 11.6. The van der Waals surface area contributed by atoms with Gasteiger partial charge in [0.2, 0.25) is 5.91 Å². The zero-order valence-electron chi connectivity index (χ0n) is 32.4. The highest BCUT2D eigenvalue weighted by Gasteiger charge is 2.50. The zero-order valence-corrected chi connectivity index (χ0v) is 32.4. The van der Waals surface area contributed by atoms with Crippen molar-refractivity contribution in [2.75, 3.05) is 19.8 Å². The van der Waals surface area contributed by atoms with E-state index < -0.39 is 86.8 Å². The summed E-state index contributed by atoms with van der Waals surface area (Å²) in [5.74, 6) is -0.263. The first-order valence-electron chi connectivity index (χ1n) is 20.2. The van der Waals surface area contributed by atoms with E-state index in [1.54, 1.807) is 12.2 Å². The SMILES string of the molecule is CCC/C=C/C(O)C(COC1OC(CO)C(OC2OC(CO)C(O)C(O)C2O)C(O)C1O)NC(=O)CCCCCCCCC/C=C\C/C=C\CCCCC. The monoisotopic (exact) mass is 773 g/mol. The predicted octanol–water partition coefficient (Wildman–Crippen LogP) is 2.42. The molecular formula is C40H71NO13. The van der Waals surface area contributed by atoms with Gasteiger partial charge in [-0.25, -0.2) is 0 Å². The molecule has 12 atom stereocenters. The van der Waals surface area contributed by atoms with Crippen molar-refractivity contribution < 1.29 is 64.6 Å². The molecular weight excluding hydrogens is 702 g/mol. The van der Waals surface area contributed by atoms with Crippen LogP contribution in [0.2, 0.25) is 0 Å². The van der Waals surface area contributed by atoms with Gasteiger partial charge < -0.3 is 65.1 Å². The van der Waals surface area contributed by atoms with Crippen LogP contribution in [0.15, 0.2) is 36.5 Å². The van der Waals surface area contributed by atoms with Gasteiger partial charge in [-0.05, 0) is 44.9 Å². The first-order chi connectivity index (χ1) is 26.1. The number of ether oxygens (including phenoxy) is 4. The lowest BCUT2D eigenvalue weighted by Crippen LogP contribution is -2.65. The largest absolute Gasteiger partial charge is 0.394 e. The Bertz CT molecular complexity index is 1060. The first kappa shape index (κ1) is 48.4. The van der Waals surface area contributed by atoms with Crippen LogP contribution in [0.4, 0.5) is 0 Å². The van der Waals surface area contributed by atoms with E-state index in [1.807, 2.05) is 6.92 Å². The summed E-state index contributed by atoms with van der Waals surface area (Å²) in [6, 6.07) is -0.912. The number of rotatable bonds is 28. The van der Waals surface area contributed by atoms with E-state index in [9.17, 15) is 45.6 Å². The van der Waals surface area contributed by atoms with Crippen LogP contribution in [0.1, 0.15) is 117 Å². The standard InChI is InChI=1S/C40H71NO13/c1-3-5-7-8-9-10-11-12-13-14-15-16-17-18-19-20-22-24-32(45)41-28(29(44)23-21-6-4-2)27-51-39-37(50)35(48)38(31(26-43)53-39)54-40-36(49)34(47)33(46)30(25-42)52-40/h9-10,12-13,21,23,28-31,33-40,42-44,46-50H,3-8,11,14-20,22,24-27H2,1-2H3,(H,41,45)/b10-9-,13-12-,23-21+. The minimum Gasteiger partial charge on any atom is -0.394 e. The molecule has 2 aliphatic heterocycles. The third-order valence-electron chi connectivity index (χ3n) is 9.80. The van der Waals surface area contributed by atoms with Gasteiger partial charge >= 0.3 is 0 Å². The van der Waals surface area contributed by atoms with Crippen LogP contribution in [0, 0.1) is 0 Å². The molecule has 314 valence electrons. The Hall–Kier alpha value is -1.79. The van der Waals surface area contributed by atoms with Gasteiger partial charge in [0.25, 0.3) is 0 Å². The van der Waals surface area contributed by atoms with Crippen LogP contribution < -0.4 is 5.32 Å². The fraction of sp³-hybridized carbons (Fsp3) is 0.825. The predicted molar refractivity (Wildman–Crippen MR) is 203 cm³/mol. The second-order valence-electron chi connectivity index (χ2n) is 14.4. The van der Waals surface area contributed by atoms with Gasteiger partial charge in [-0.2, -0.15) is 0 Å². The number of carbonyl (C=O) groups is 1. The molecule has 0 aromatic heterocycles. The van der Waals surface area contributed by atoms with Gasteiger partial charge in [0, 0.05) is 6.42 Å². The molecule has 0 saturated carbocycles. The quantitative estimate of drug-likeness (QED) is 0.0412. The molecule has 14 nitrogen and oxygen atoms in total. The van der Waals surface area contributed by atoms with Gasteiger partial charge in [-0.3, -0.25) is 4.79 Å². The normalized spacial score (nSPS) is 30.4. The van der Waals surface area contributed by atoms with E-state index in [4.69, 9.17) is 18.9 Å². The number of aliphatic hydroxyl groups is 8. The van der Waals surface area contributed by atoms with E-state index >= 15 is 0 Å². The number of nitrogens with one attached hydrogen (secondary N) is 1. The lowest BCUT2D eigenvalue weighted by Gasteiger charge is -2.46. The van der Waals surface area contributed by atoms with E-state index in [2.05, 4.69) is 36.5 Å². The Labute approximate surface area is 321 Å². The summed E-state index contributed by atoms with van der Waals surface area (Å²) in [7, 11) is 0. The van der Waals surface area contributed by atoms with Crippen LogP contribution in [-0.4, -0.2) is 140 Å². The second kappa shape index (κ2) is 28.6. The minimum atomic E-state index is -1.78. The molecule has 2 saturated heterocycles. The number of allylic oxidation sites excluding steroid dienone is 5. The van der Waals surface area contributed by atoms with Gasteiger partial charge in [-0.1, -0.05) is 102 Å². The third kappa shape index (κ3) is 17.6. The van der Waals surface area contributed by atoms with E-state index in [-0.39, 0.29) is 18.9 Å². The average molecular weight is 774 g/mol. The van der Waals surface area contributed by atoms with Crippen molar-refractivity contribution >= 4 is 5.91 Å². The highest BCUT2D eigenvalue weighted by molar-refractivity contribution is 5.76. The maximum absolute atomic E-state index is 12.9. The topological polar surface area (TPSA) is 228 Å². The average Bonchev–Trinajstić information content (AvgIpc) is 3.16. The summed E-state index contributed by atoms with van der Waals surface area (Å²) in [6.45, 7) is 2.48. The molecule has 12 unspecified atom stereocenters. The van der Waals surface area contributed by atoms with Gasteiger partial charge in [-0.15, -0.1) is 0 Å². The van der Waals surface area contributed by atoms with Crippen molar-refractivity contribution in [2.45, 2.75) is 190 Å². The fourth-order valence-electron chi connectivity index (χ4n) is 6.38.